The monoisotopic (exact) mass is 343 g/mol. The number of hydrogen-bond donors (Lipinski definition) is 0. The molecule has 1 aliphatic heterocycles. The summed E-state index contributed by atoms with van der Waals surface area (Å²) in [4.78, 5) is 33.8. The van der Waals surface area contributed by atoms with Gasteiger partial charge in [-0.05, 0) is 48.4 Å². The Morgan fingerprint density at radius 2 is 2.08 bits per heavy atom. The molecule has 3 heterocycles. The van der Waals surface area contributed by atoms with Crippen molar-refractivity contribution in [3.8, 4) is 0 Å². The Morgan fingerprint density at radius 3 is 2.79 bits per heavy atom. The second-order valence-electron chi connectivity index (χ2n) is 6.04. The largest absolute Gasteiger partial charge is 0.340 e. The summed E-state index contributed by atoms with van der Waals surface area (Å²) >= 11 is 1.43. The van der Waals surface area contributed by atoms with E-state index in [2.05, 4.69) is 4.98 Å². The molecular formula is C18H21N3O2S. The van der Waals surface area contributed by atoms with Crippen molar-refractivity contribution < 1.29 is 9.59 Å². The highest BCUT2D eigenvalue weighted by Gasteiger charge is 2.34. The number of piperidine rings is 1. The fraction of sp³-hybridized carbons (Fsp3) is 0.389. The van der Waals surface area contributed by atoms with Gasteiger partial charge in [0.25, 0.3) is 5.91 Å². The highest BCUT2D eigenvalue weighted by atomic mass is 32.1. The van der Waals surface area contributed by atoms with Gasteiger partial charge < -0.3 is 9.80 Å². The van der Waals surface area contributed by atoms with Crippen LogP contribution in [0.5, 0.6) is 0 Å². The number of likely N-dealkylation sites (N-methyl/N-ethyl adjacent to an activating group) is 1. The molecule has 0 bridgehead atoms. The molecule has 0 spiro atoms. The molecule has 1 saturated heterocycles. The van der Waals surface area contributed by atoms with Crippen molar-refractivity contribution in [2.45, 2.75) is 31.8 Å². The molecule has 1 unspecified atom stereocenters. The maximum Gasteiger partial charge on any atom is 0.264 e. The fourth-order valence-corrected chi connectivity index (χ4v) is 3.75. The highest BCUT2D eigenvalue weighted by Crippen LogP contribution is 2.23. The molecule has 1 aliphatic rings. The van der Waals surface area contributed by atoms with E-state index in [9.17, 15) is 9.59 Å². The summed E-state index contributed by atoms with van der Waals surface area (Å²) in [5.74, 6) is -0.0169. The van der Waals surface area contributed by atoms with Crippen molar-refractivity contribution in [3.05, 3.63) is 52.5 Å². The maximum atomic E-state index is 12.9. The van der Waals surface area contributed by atoms with Gasteiger partial charge in [-0.25, -0.2) is 0 Å². The topological polar surface area (TPSA) is 53.5 Å². The molecule has 0 saturated carbocycles. The van der Waals surface area contributed by atoms with Gasteiger partial charge in [-0.1, -0.05) is 6.07 Å². The number of rotatable bonds is 4. The summed E-state index contributed by atoms with van der Waals surface area (Å²) in [7, 11) is 1.80. The number of carbonyl (C=O) groups is 2. The van der Waals surface area contributed by atoms with Gasteiger partial charge in [-0.3, -0.25) is 14.6 Å². The van der Waals surface area contributed by atoms with E-state index in [4.69, 9.17) is 0 Å². The minimum atomic E-state index is -0.361. The van der Waals surface area contributed by atoms with Crippen molar-refractivity contribution in [3.63, 3.8) is 0 Å². The number of aromatic nitrogens is 1. The van der Waals surface area contributed by atoms with Crippen molar-refractivity contribution in [2.24, 2.45) is 0 Å². The van der Waals surface area contributed by atoms with E-state index < -0.39 is 0 Å². The van der Waals surface area contributed by atoms with Gasteiger partial charge in [-0.2, -0.15) is 0 Å². The number of amides is 2. The Bertz CT molecular complexity index is 688. The minimum Gasteiger partial charge on any atom is -0.340 e. The lowest BCUT2D eigenvalue weighted by molar-refractivity contribution is -0.136. The average molecular weight is 343 g/mol. The van der Waals surface area contributed by atoms with Crippen molar-refractivity contribution in [1.82, 2.24) is 14.8 Å². The molecule has 5 nitrogen and oxygen atoms in total. The zero-order valence-corrected chi connectivity index (χ0v) is 14.5. The Hall–Kier alpha value is -2.21. The van der Waals surface area contributed by atoms with Crippen LogP contribution in [0, 0.1) is 0 Å². The predicted octanol–water partition coefficient (Wildman–Crippen LogP) is 2.80. The molecule has 2 aromatic heterocycles. The number of carbonyl (C=O) groups excluding carboxylic acids is 2. The summed E-state index contributed by atoms with van der Waals surface area (Å²) in [6.45, 7) is 1.18. The Morgan fingerprint density at radius 1 is 1.29 bits per heavy atom. The molecule has 126 valence electrons. The van der Waals surface area contributed by atoms with E-state index in [1.165, 1.54) is 11.3 Å². The summed E-state index contributed by atoms with van der Waals surface area (Å²) in [6.07, 6.45) is 6.11. The first-order chi connectivity index (χ1) is 11.7. The minimum absolute atomic E-state index is 0.0106. The van der Waals surface area contributed by atoms with Gasteiger partial charge in [0.1, 0.15) is 6.04 Å². The van der Waals surface area contributed by atoms with E-state index in [0.717, 1.165) is 24.8 Å². The Balaban J connectivity index is 1.72. The van der Waals surface area contributed by atoms with Gasteiger partial charge in [0.05, 0.1) is 4.88 Å². The third kappa shape index (κ3) is 3.64. The van der Waals surface area contributed by atoms with Crippen LogP contribution in [0.3, 0.4) is 0 Å². The van der Waals surface area contributed by atoms with Gasteiger partial charge in [0, 0.05) is 32.5 Å². The normalized spacial score (nSPS) is 17.5. The summed E-state index contributed by atoms with van der Waals surface area (Å²) in [6, 6.07) is 7.14. The second-order valence-corrected chi connectivity index (χ2v) is 6.98. The van der Waals surface area contributed by atoms with E-state index >= 15 is 0 Å². The third-order valence-corrected chi connectivity index (χ3v) is 5.18. The van der Waals surface area contributed by atoms with E-state index in [-0.39, 0.29) is 17.9 Å². The average Bonchev–Trinajstić information content (AvgIpc) is 3.16. The molecule has 0 N–H and O–H groups in total. The van der Waals surface area contributed by atoms with Crippen molar-refractivity contribution in [2.75, 3.05) is 13.6 Å². The molecule has 3 rings (SSSR count). The van der Waals surface area contributed by atoms with Gasteiger partial charge in [0.15, 0.2) is 0 Å². The number of likely N-dealkylation sites (tertiary alicyclic amines) is 1. The molecule has 6 heteroatoms. The predicted molar refractivity (Wildman–Crippen MR) is 93.7 cm³/mol. The van der Waals surface area contributed by atoms with Crippen LogP contribution >= 0.6 is 11.3 Å². The molecule has 24 heavy (non-hydrogen) atoms. The van der Waals surface area contributed by atoms with Crippen molar-refractivity contribution >= 4 is 23.2 Å². The van der Waals surface area contributed by atoms with Crippen LogP contribution in [0.25, 0.3) is 0 Å². The summed E-state index contributed by atoms with van der Waals surface area (Å²) < 4.78 is 0. The zero-order chi connectivity index (χ0) is 16.9. The van der Waals surface area contributed by atoms with Crippen LogP contribution < -0.4 is 0 Å². The van der Waals surface area contributed by atoms with E-state index in [0.29, 0.717) is 18.0 Å². The van der Waals surface area contributed by atoms with Crippen molar-refractivity contribution in [1.29, 1.82) is 0 Å². The van der Waals surface area contributed by atoms with E-state index in [1.807, 2.05) is 29.6 Å². The van der Waals surface area contributed by atoms with Crippen LogP contribution in [-0.2, 0) is 11.3 Å². The van der Waals surface area contributed by atoms with Crippen LogP contribution in [-0.4, -0.2) is 46.2 Å². The van der Waals surface area contributed by atoms with Crippen LogP contribution in [0.2, 0.25) is 0 Å². The number of hydrogen-bond acceptors (Lipinski definition) is 4. The second kappa shape index (κ2) is 7.57. The molecule has 0 aromatic carbocycles. The van der Waals surface area contributed by atoms with Crippen LogP contribution in [0.15, 0.2) is 42.0 Å². The van der Waals surface area contributed by atoms with Gasteiger partial charge in [0.2, 0.25) is 5.91 Å². The number of pyridine rings is 1. The zero-order valence-electron chi connectivity index (χ0n) is 13.7. The highest BCUT2D eigenvalue weighted by molar-refractivity contribution is 7.12. The Kier molecular flexibility index (Phi) is 5.25. The molecule has 0 aliphatic carbocycles. The molecule has 2 aromatic rings. The lowest BCUT2D eigenvalue weighted by Gasteiger charge is -2.36. The van der Waals surface area contributed by atoms with Gasteiger partial charge >= 0.3 is 0 Å². The first kappa shape index (κ1) is 16.6. The van der Waals surface area contributed by atoms with Crippen LogP contribution in [0.4, 0.5) is 0 Å². The Labute approximate surface area is 145 Å². The summed E-state index contributed by atoms with van der Waals surface area (Å²) in [5, 5.41) is 1.89. The third-order valence-electron chi connectivity index (χ3n) is 4.33. The van der Waals surface area contributed by atoms with E-state index in [1.54, 1.807) is 29.2 Å². The molecule has 1 atom stereocenters. The standard InChI is InChI=1S/C18H21N3O2S/c1-20(13-14-7-9-19-10-8-14)17(22)15-5-2-3-11-21(15)18(23)16-6-4-12-24-16/h4,6-10,12,15H,2-3,5,11,13H2,1H3. The molecule has 0 radical (unpaired) electrons. The smallest absolute Gasteiger partial charge is 0.264 e. The maximum absolute atomic E-state index is 12.9. The first-order valence-electron chi connectivity index (χ1n) is 8.15. The van der Waals surface area contributed by atoms with Gasteiger partial charge in [-0.15, -0.1) is 11.3 Å². The summed E-state index contributed by atoms with van der Waals surface area (Å²) in [5.41, 5.74) is 1.03. The van der Waals surface area contributed by atoms with Crippen LogP contribution in [0.1, 0.15) is 34.5 Å². The quantitative estimate of drug-likeness (QED) is 0.858. The lowest BCUT2D eigenvalue weighted by Crippen LogP contribution is -2.52. The molecular weight excluding hydrogens is 322 g/mol. The SMILES string of the molecule is CN(Cc1ccncc1)C(=O)C1CCCCN1C(=O)c1cccs1. The molecule has 1 fully saturated rings. The molecule has 2 amide bonds. The number of thiophene rings is 1. The first-order valence-corrected chi connectivity index (χ1v) is 9.03. The fourth-order valence-electron chi connectivity index (χ4n) is 3.07. The number of nitrogens with zero attached hydrogens (tertiary/aromatic N) is 3. The lowest BCUT2D eigenvalue weighted by atomic mass is 10.0.